The summed E-state index contributed by atoms with van der Waals surface area (Å²) in [5.74, 6) is -0.404. The Morgan fingerprint density at radius 2 is 1.73 bits per heavy atom. The van der Waals surface area contributed by atoms with Crippen LogP contribution in [0, 0.1) is 13.8 Å². The average Bonchev–Trinajstić information content (AvgIpc) is 3.11. The van der Waals surface area contributed by atoms with Gasteiger partial charge in [-0.1, -0.05) is 53.2 Å². The first kappa shape index (κ1) is 23.6. The molecule has 0 aliphatic carbocycles. The highest BCUT2D eigenvalue weighted by molar-refractivity contribution is 8.00. The molecule has 10 heteroatoms. The molecule has 0 aliphatic rings. The number of nitrogens with one attached hydrogen (secondary N) is 1. The predicted octanol–water partition coefficient (Wildman–Crippen LogP) is 5.93. The predicted molar refractivity (Wildman–Crippen MR) is 134 cm³/mol. The molecular weight excluding hydrogens is 501 g/mol. The van der Waals surface area contributed by atoms with Gasteiger partial charge in [0.05, 0.1) is 32.4 Å². The van der Waals surface area contributed by atoms with Crippen LogP contribution in [0.15, 0.2) is 70.7 Å². The van der Waals surface area contributed by atoms with Crippen molar-refractivity contribution in [2.75, 3.05) is 11.1 Å². The number of rotatable bonds is 6. The Labute approximate surface area is 206 Å². The molecule has 1 aromatic heterocycles. The van der Waals surface area contributed by atoms with Crippen molar-refractivity contribution in [3.05, 3.63) is 81.8 Å². The number of amides is 1. The summed E-state index contributed by atoms with van der Waals surface area (Å²) in [6.45, 7) is 3.67. The number of carbonyl (C=O) groups is 1. The SMILES string of the molecule is Cc1cc(C)cc(S(=O)(=O)n2c(SCC(=O)Nc3ccccc3Cl)nc3ccc(Cl)cc32)c1. The fourth-order valence-corrected chi connectivity index (χ4v) is 6.44. The molecule has 170 valence electrons. The molecule has 0 fully saturated rings. The molecule has 6 nitrogen and oxygen atoms in total. The molecule has 33 heavy (non-hydrogen) atoms. The van der Waals surface area contributed by atoms with Crippen molar-refractivity contribution in [2.24, 2.45) is 0 Å². The Morgan fingerprint density at radius 1 is 1.03 bits per heavy atom. The maximum atomic E-state index is 13.7. The second kappa shape index (κ2) is 9.38. The first-order valence-electron chi connectivity index (χ1n) is 9.84. The first-order valence-corrected chi connectivity index (χ1v) is 13.0. The number of fused-ring (bicyclic) bond motifs is 1. The smallest absolute Gasteiger partial charge is 0.270 e. The summed E-state index contributed by atoms with van der Waals surface area (Å²) in [6, 6.07) is 16.8. The van der Waals surface area contributed by atoms with E-state index in [4.69, 9.17) is 23.2 Å². The van der Waals surface area contributed by atoms with Crippen LogP contribution in [0.25, 0.3) is 11.0 Å². The number of aryl methyl sites for hydroxylation is 2. The van der Waals surface area contributed by atoms with E-state index in [1.54, 1.807) is 54.6 Å². The monoisotopic (exact) mass is 519 g/mol. The molecule has 0 spiro atoms. The van der Waals surface area contributed by atoms with Crippen LogP contribution >= 0.6 is 35.0 Å². The summed E-state index contributed by atoms with van der Waals surface area (Å²) >= 11 is 13.3. The molecule has 4 rings (SSSR count). The second-order valence-electron chi connectivity index (χ2n) is 7.44. The van der Waals surface area contributed by atoms with E-state index in [9.17, 15) is 13.2 Å². The lowest BCUT2D eigenvalue weighted by molar-refractivity contribution is -0.113. The van der Waals surface area contributed by atoms with E-state index in [-0.39, 0.29) is 21.7 Å². The zero-order chi connectivity index (χ0) is 23.8. The quantitative estimate of drug-likeness (QED) is 0.319. The van der Waals surface area contributed by atoms with Crippen molar-refractivity contribution >= 4 is 67.6 Å². The number of benzene rings is 3. The standard InChI is InChI=1S/C23H19Cl2N3O3S2/c1-14-9-15(2)11-17(10-14)33(30,31)28-21-12-16(24)7-8-20(21)27-23(28)32-13-22(29)26-19-6-4-3-5-18(19)25/h3-12H,13H2,1-2H3,(H,26,29). The number of imidazole rings is 1. The van der Waals surface area contributed by atoms with Gasteiger partial charge in [0.25, 0.3) is 10.0 Å². The number of hydrogen-bond donors (Lipinski definition) is 1. The number of hydrogen-bond acceptors (Lipinski definition) is 5. The highest BCUT2D eigenvalue weighted by Gasteiger charge is 2.26. The van der Waals surface area contributed by atoms with E-state index in [1.165, 1.54) is 0 Å². The second-order valence-corrected chi connectivity index (χ2v) is 11.0. The third-order valence-corrected chi connectivity index (χ3v) is 8.06. The van der Waals surface area contributed by atoms with E-state index >= 15 is 0 Å². The normalized spacial score (nSPS) is 11.6. The maximum Gasteiger partial charge on any atom is 0.270 e. The fourth-order valence-electron chi connectivity index (χ4n) is 3.39. The minimum absolute atomic E-state index is 0.0648. The summed E-state index contributed by atoms with van der Waals surface area (Å²) < 4.78 is 28.5. The van der Waals surface area contributed by atoms with Crippen molar-refractivity contribution in [3.63, 3.8) is 0 Å². The van der Waals surface area contributed by atoms with E-state index < -0.39 is 10.0 Å². The van der Waals surface area contributed by atoms with Crippen molar-refractivity contribution in [2.45, 2.75) is 23.9 Å². The fraction of sp³-hybridized carbons (Fsp3) is 0.130. The summed E-state index contributed by atoms with van der Waals surface area (Å²) in [5.41, 5.74) is 2.93. The highest BCUT2D eigenvalue weighted by atomic mass is 35.5. The average molecular weight is 520 g/mol. The van der Waals surface area contributed by atoms with Crippen LogP contribution in [0.3, 0.4) is 0 Å². The van der Waals surface area contributed by atoms with Gasteiger partial charge in [-0.05, 0) is 67.4 Å². The number of aromatic nitrogens is 2. The van der Waals surface area contributed by atoms with Crippen LogP contribution in [0.5, 0.6) is 0 Å². The highest BCUT2D eigenvalue weighted by Crippen LogP contribution is 2.31. The van der Waals surface area contributed by atoms with Crippen molar-refractivity contribution in [1.82, 2.24) is 8.96 Å². The zero-order valence-electron chi connectivity index (χ0n) is 17.7. The zero-order valence-corrected chi connectivity index (χ0v) is 20.8. The van der Waals surface area contributed by atoms with E-state index in [1.807, 2.05) is 19.9 Å². The van der Waals surface area contributed by atoms with Gasteiger partial charge in [0, 0.05) is 5.02 Å². The lowest BCUT2D eigenvalue weighted by Gasteiger charge is -2.12. The number of anilines is 1. The molecule has 0 saturated carbocycles. The molecule has 1 heterocycles. The number of para-hydroxylation sites is 1. The van der Waals surface area contributed by atoms with Crippen LogP contribution in [0.2, 0.25) is 10.0 Å². The third-order valence-electron chi connectivity index (χ3n) is 4.76. The Morgan fingerprint density at radius 3 is 2.42 bits per heavy atom. The lowest BCUT2D eigenvalue weighted by Crippen LogP contribution is -2.17. The number of halogens is 2. The molecule has 0 unspecified atom stereocenters. The molecule has 4 aromatic rings. The summed E-state index contributed by atoms with van der Waals surface area (Å²) in [5, 5.41) is 3.69. The van der Waals surface area contributed by atoms with Gasteiger partial charge in [-0.2, -0.15) is 0 Å². The van der Waals surface area contributed by atoms with Gasteiger partial charge in [-0.15, -0.1) is 0 Å². The molecule has 0 bridgehead atoms. The Kier molecular flexibility index (Phi) is 6.72. The van der Waals surface area contributed by atoms with Gasteiger partial charge >= 0.3 is 0 Å². The van der Waals surface area contributed by atoms with E-state index in [2.05, 4.69) is 10.3 Å². The number of carbonyl (C=O) groups excluding carboxylic acids is 1. The van der Waals surface area contributed by atoms with Crippen LogP contribution in [-0.4, -0.2) is 29.0 Å². The summed E-state index contributed by atoms with van der Waals surface area (Å²) in [6.07, 6.45) is 0. The van der Waals surface area contributed by atoms with Crippen molar-refractivity contribution in [3.8, 4) is 0 Å². The molecule has 0 atom stereocenters. The third kappa shape index (κ3) is 5.04. The Hall–Kier alpha value is -2.52. The van der Waals surface area contributed by atoms with E-state index in [0.717, 1.165) is 26.9 Å². The topological polar surface area (TPSA) is 81.1 Å². The lowest BCUT2D eigenvalue weighted by atomic mass is 10.2. The van der Waals surface area contributed by atoms with Crippen molar-refractivity contribution in [1.29, 1.82) is 0 Å². The van der Waals surface area contributed by atoms with Crippen LogP contribution in [-0.2, 0) is 14.8 Å². The number of thioether (sulfide) groups is 1. The van der Waals surface area contributed by atoms with Gasteiger partial charge in [-0.25, -0.2) is 17.4 Å². The number of nitrogens with zero attached hydrogens (tertiary/aromatic N) is 2. The summed E-state index contributed by atoms with van der Waals surface area (Å²) in [4.78, 5) is 17.1. The largest absolute Gasteiger partial charge is 0.324 e. The summed E-state index contributed by atoms with van der Waals surface area (Å²) in [7, 11) is -4.01. The van der Waals surface area contributed by atoms with E-state index in [0.29, 0.717) is 26.8 Å². The maximum absolute atomic E-state index is 13.7. The van der Waals surface area contributed by atoms with Gasteiger partial charge in [0.1, 0.15) is 0 Å². The minimum Gasteiger partial charge on any atom is -0.324 e. The Balaban J connectivity index is 1.72. The minimum atomic E-state index is -4.01. The van der Waals surface area contributed by atoms with Gasteiger partial charge in [0.15, 0.2) is 5.16 Å². The van der Waals surface area contributed by atoms with Crippen LogP contribution in [0.1, 0.15) is 11.1 Å². The Bertz CT molecular complexity index is 1460. The molecule has 1 amide bonds. The molecule has 0 aliphatic heterocycles. The van der Waals surface area contributed by atoms with Crippen LogP contribution in [0.4, 0.5) is 5.69 Å². The van der Waals surface area contributed by atoms with Gasteiger partial charge < -0.3 is 5.32 Å². The molecule has 0 radical (unpaired) electrons. The molecule has 3 aromatic carbocycles. The first-order chi connectivity index (χ1) is 15.6. The van der Waals surface area contributed by atoms with Gasteiger partial charge in [-0.3, -0.25) is 4.79 Å². The van der Waals surface area contributed by atoms with Crippen LogP contribution < -0.4 is 5.32 Å². The molecule has 1 N–H and O–H groups in total. The molecule has 0 saturated heterocycles. The molecular formula is C23H19Cl2N3O3S2. The van der Waals surface area contributed by atoms with Gasteiger partial charge in [0.2, 0.25) is 5.91 Å². The van der Waals surface area contributed by atoms with Crippen molar-refractivity contribution < 1.29 is 13.2 Å².